The van der Waals surface area contributed by atoms with Gasteiger partial charge in [0.2, 0.25) is 5.91 Å². The Balaban J connectivity index is 1.80. The van der Waals surface area contributed by atoms with Gasteiger partial charge in [-0.1, -0.05) is 35.9 Å². The molecule has 2 aromatic rings. The number of benzene rings is 1. The van der Waals surface area contributed by atoms with Gasteiger partial charge in [-0.3, -0.25) is 9.59 Å². The summed E-state index contributed by atoms with van der Waals surface area (Å²) in [6.07, 6.45) is 1.70. The molecule has 0 spiro atoms. The number of hydrogen-bond acceptors (Lipinski definition) is 4. The normalized spacial score (nSPS) is 11.5. The third-order valence-electron chi connectivity index (χ3n) is 3.73. The highest BCUT2D eigenvalue weighted by Gasteiger charge is 2.25. The molecule has 0 aliphatic rings. The summed E-state index contributed by atoms with van der Waals surface area (Å²) in [7, 11) is 0. The van der Waals surface area contributed by atoms with Crippen molar-refractivity contribution >= 4 is 23.0 Å². The van der Waals surface area contributed by atoms with E-state index in [0.29, 0.717) is 13.0 Å². The van der Waals surface area contributed by atoms with Crippen molar-refractivity contribution in [1.29, 1.82) is 5.26 Å². The van der Waals surface area contributed by atoms with Gasteiger partial charge in [0, 0.05) is 17.8 Å². The van der Waals surface area contributed by atoms with E-state index in [-0.39, 0.29) is 12.2 Å². The van der Waals surface area contributed by atoms with Crippen LogP contribution in [0, 0.1) is 24.2 Å². The van der Waals surface area contributed by atoms with Crippen molar-refractivity contribution in [2.24, 2.45) is 5.92 Å². The van der Waals surface area contributed by atoms with Crippen molar-refractivity contribution in [2.45, 2.75) is 32.7 Å². The van der Waals surface area contributed by atoms with E-state index < -0.39 is 11.8 Å². The molecule has 1 aromatic carbocycles. The zero-order valence-electron chi connectivity index (χ0n) is 13.6. The Bertz CT molecular complexity index is 715. The van der Waals surface area contributed by atoms with Gasteiger partial charge in [0.1, 0.15) is 0 Å². The van der Waals surface area contributed by atoms with Crippen LogP contribution in [-0.2, 0) is 22.6 Å². The molecule has 4 nitrogen and oxygen atoms in total. The smallest absolute Gasteiger partial charge is 0.245 e. The number of rotatable bonds is 8. The molecule has 1 heterocycles. The van der Waals surface area contributed by atoms with E-state index >= 15 is 0 Å². The molecule has 24 heavy (non-hydrogen) atoms. The van der Waals surface area contributed by atoms with Crippen LogP contribution >= 0.6 is 11.3 Å². The van der Waals surface area contributed by atoms with E-state index in [1.165, 1.54) is 4.88 Å². The van der Waals surface area contributed by atoms with Crippen molar-refractivity contribution in [1.82, 2.24) is 5.32 Å². The van der Waals surface area contributed by atoms with Crippen LogP contribution in [0.5, 0.6) is 0 Å². The summed E-state index contributed by atoms with van der Waals surface area (Å²) in [6, 6.07) is 13.6. The number of thiophene rings is 1. The maximum absolute atomic E-state index is 12.1. The molecule has 0 saturated heterocycles. The maximum Gasteiger partial charge on any atom is 0.245 e. The Morgan fingerprint density at radius 2 is 2.00 bits per heavy atom. The second-order valence-electron chi connectivity index (χ2n) is 5.66. The summed E-state index contributed by atoms with van der Waals surface area (Å²) in [5, 5.41) is 13.8. The predicted molar refractivity (Wildman–Crippen MR) is 94.4 cm³/mol. The third kappa shape index (κ3) is 5.32. The minimum atomic E-state index is -1.22. The van der Waals surface area contributed by atoms with Crippen molar-refractivity contribution < 1.29 is 9.59 Å². The Kier molecular flexibility index (Phi) is 6.71. The molecule has 0 aliphatic heterocycles. The average molecular weight is 340 g/mol. The van der Waals surface area contributed by atoms with Gasteiger partial charge in [0.15, 0.2) is 11.7 Å². The number of nitrogens with one attached hydrogen (secondary N) is 1. The van der Waals surface area contributed by atoms with Gasteiger partial charge >= 0.3 is 0 Å². The molecule has 1 atom stereocenters. The molecule has 124 valence electrons. The lowest BCUT2D eigenvalue weighted by Crippen LogP contribution is -2.34. The average Bonchev–Trinajstić information content (AvgIpc) is 3.08. The van der Waals surface area contributed by atoms with Crippen LogP contribution in [0.1, 0.15) is 28.8 Å². The second kappa shape index (κ2) is 8.99. The molecule has 5 heteroatoms. The topological polar surface area (TPSA) is 70.0 Å². The highest BCUT2D eigenvalue weighted by atomic mass is 32.1. The van der Waals surface area contributed by atoms with E-state index in [0.717, 1.165) is 17.5 Å². The number of amides is 1. The molecule has 0 radical (unpaired) electrons. The lowest BCUT2D eigenvalue weighted by molar-refractivity contribution is -0.131. The van der Waals surface area contributed by atoms with Crippen molar-refractivity contribution in [3.05, 3.63) is 57.8 Å². The van der Waals surface area contributed by atoms with E-state index in [1.54, 1.807) is 11.3 Å². The zero-order valence-corrected chi connectivity index (χ0v) is 14.4. The van der Waals surface area contributed by atoms with Gasteiger partial charge in [-0.15, -0.1) is 11.3 Å². The van der Waals surface area contributed by atoms with Crippen LogP contribution in [0.3, 0.4) is 0 Å². The zero-order chi connectivity index (χ0) is 17.4. The number of hydrogen-bond donors (Lipinski definition) is 1. The number of carbonyl (C=O) groups excluding carboxylic acids is 2. The van der Waals surface area contributed by atoms with E-state index in [1.807, 2.05) is 54.8 Å². The fourth-order valence-corrected chi connectivity index (χ4v) is 3.06. The maximum atomic E-state index is 12.1. The first-order valence-corrected chi connectivity index (χ1v) is 8.76. The van der Waals surface area contributed by atoms with Gasteiger partial charge in [-0.2, -0.15) is 5.26 Å². The van der Waals surface area contributed by atoms with Crippen molar-refractivity contribution in [2.75, 3.05) is 0 Å². The Morgan fingerprint density at radius 1 is 1.25 bits per heavy atom. The molecule has 1 aromatic heterocycles. The number of carbonyl (C=O) groups is 2. The first kappa shape index (κ1) is 17.9. The molecule has 0 bridgehead atoms. The van der Waals surface area contributed by atoms with Crippen LogP contribution in [-0.4, -0.2) is 11.7 Å². The largest absolute Gasteiger partial charge is 0.350 e. The van der Waals surface area contributed by atoms with Gasteiger partial charge in [-0.25, -0.2) is 0 Å². The molecule has 1 N–H and O–H groups in total. The van der Waals surface area contributed by atoms with Crippen LogP contribution in [0.2, 0.25) is 0 Å². The van der Waals surface area contributed by atoms with Crippen LogP contribution < -0.4 is 5.32 Å². The predicted octanol–water partition coefficient (Wildman–Crippen LogP) is 3.40. The summed E-state index contributed by atoms with van der Waals surface area (Å²) in [4.78, 5) is 25.4. The summed E-state index contributed by atoms with van der Waals surface area (Å²) in [5.41, 5.74) is 2.08. The lowest BCUT2D eigenvalue weighted by Gasteiger charge is -2.10. The highest BCUT2D eigenvalue weighted by molar-refractivity contribution is 7.09. The first-order chi connectivity index (χ1) is 11.6. The monoisotopic (exact) mass is 340 g/mol. The number of nitrogens with zero attached hydrogens (tertiary/aromatic N) is 1. The quantitative estimate of drug-likeness (QED) is 0.749. The van der Waals surface area contributed by atoms with Crippen LogP contribution in [0.4, 0.5) is 0 Å². The standard InChI is InChI=1S/C19H20N2O2S/c1-14-7-9-15(10-8-14)13-21-19(23)17(12-20)18(22)6-2-4-16-5-3-11-24-16/h3,5,7-11,17H,2,4,6,13H2,1H3,(H,21,23)/t17-/m0/s1. The van der Waals surface area contributed by atoms with Gasteiger partial charge in [0.05, 0.1) is 6.07 Å². The van der Waals surface area contributed by atoms with E-state index in [2.05, 4.69) is 5.32 Å². The summed E-state index contributed by atoms with van der Waals surface area (Å²) < 4.78 is 0. The fourth-order valence-electron chi connectivity index (χ4n) is 2.31. The molecule has 0 fully saturated rings. The fraction of sp³-hybridized carbons (Fsp3) is 0.316. The molecule has 0 aliphatic carbocycles. The molecule has 1 amide bonds. The Labute approximate surface area is 146 Å². The highest BCUT2D eigenvalue weighted by Crippen LogP contribution is 2.13. The first-order valence-electron chi connectivity index (χ1n) is 7.88. The number of aryl methyl sites for hydroxylation is 2. The number of Topliss-reactive ketones (excluding diaryl/α,β-unsaturated/α-hetero) is 1. The summed E-state index contributed by atoms with van der Waals surface area (Å²) in [5.74, 6) is -2.05. The molecular weight excluding hydrogens is 320 g/mol. The third-order valence-corrected chi connectivity index (χ3v) is 4.66. The minimum Gasteiger partial charge on any atom is -0.350 e. The number of nitriles is 1. The van der Waals surface area contributed by atoms with Crippen LogP contribution in [0.15, 0.2) is 41.8 Å². The summed E-state index contributed by atoms with van der Waals surface area (Å²) >= 11 is 1.65. The van der Waals surface area contributed by atoms with Gasteiger partial charge in [-0.05, 0) is 36.8 Å². The van der Waals surface area contributed by atoms with Crippen molar-refractivity contribution in [3.63, 3.8) is 0 Å². The Hall–Kier alpha value is -2.45. The molecule has 0 unspecified atom stereocenters. The van der Waals surface area contributed by atoms with Crippen LogP contribution in [0.25, 0.3) is 0 Å². The van der Waals surface area contributed by atoms with Gasteiger partial charge < -0.3 is 5.32 Å². The molecule has 2 rings (SSSR count). The minimum absolute atomic E-state index is 0.244. The Morgan fingerprint density at radius 3 is 2.62 bits per heavy atom. The molecular formula is C19H20N2O2S. The van der Waals surface area contributed by atoms with E-state index in [9.17, 15) is 9.59 Å². The lowest BCUT2D eigenvalue weighted by atomic mass is 9.99. The SMILES string of the molecule is Cc1ccc(CNC(=O)[C@@H](C#N)C(=O)CCCc2cccs2)cc1. The van der Waals surface area contributed by atoms with E-state index in [4.69, 9.17) is 5.26 Å². The molecule has 0 saturated carbocycles. The second-order valence-corrected chi connectivity index (χ2v) is 6.70. The summed E-state index contributed by atoms with van der Waals surface area (Å²) in [6.45, 7) is 2.31. The van der Waals surface area contributed by atoms with Crippen molar-refractivity contribution in [3.8, 4) is 6.07 Å². The number of ketones is 1. The van der Waals surface area contributed by atoms with Gasteiger partial charge in [0.25, 0.3) is 0 Å².